The highest BCUT2D eigenvalue weighted by molar-refractivity contribution is 5.97. The van der Waals surface area contributed by atoms with E-state index in [-0.39, 0.29) is 11.9 Å². The van der Waals surface area contributed by atoms with Crippen molar-refractivity contribution in [3.8, 4) is 0 Å². The van der Waals surface area contributed by atoms with Crippen molar-refractivity contribution in [3.05, 3.63) is 71.4 Å². The molecule has 0 aliphatic carbocycles. The lowest BCUT2D eigenvalue weighted by Crippen LogP contribution is -2.38. The summed E-state index contributed by atoms with van der Waals surface area (Å²) in [5.41, 5.74) is 8.44. The zero-order chi connectivity index (χ0) is 18.1. The number of para-hydroxylation sites is 1. The molecular formula is C21H21N3O2. The number of rotatable bonds is 3. The minimum Gasteiger partial charge on any atom is -0.366 e. The number of aromatic amines is 1. The summed E-state index contributed by atoms with van der Waals surface area (Å²) < 4.78 is 0. The van der Waals surface area contributed by atoms with Crippen molar-refractivity contribution in [2.24, 2.45) is 5.73 Å². The van der Waals surface area contributed by atoms with Gasteiger partial charge < -0.3 is 15.6 Å². The second-order valence-corrected chi connectivity index (χ2v) is 6.76. The minimum absolute atomic E-state index is 0.00984. The summed E-state index contributed by atoms with van der Waals surface area (Å²) in [6.07, 6.45) is 3.05. The van der Waals surface area contributed by atoms with E-state index in [1.807, 2.05) is 17.0 Å². The molecule has 4 rings (SSSR count). The van der Waals surface area contributed by atoms with Crippen LogP contribution in [0.15, 0.2) is 54.6 Å². The van der Waals surface area contributed by atoms with E-state index in [0.29, 0.717) is 11.1 Å². The van der Waals surface area contributed by atoms with Crippen LogP contribution in [-0.2, 0) is 0 Å². The van der Waals surface area contributed by atoms with Crippen molar-refractivity contribution in [3.63, 3.8) is 0 Å². The van der Waals surface area contributed by atoms with Crippen LogP contribution in [0.5, 0.6) is 0 Å². The highest BCUT2D eigenvalue weighted by Crippen LogP contribution is 2.33. The SMILES string of the molecule is NC(=O)c1ccc(C(=O)N2CCCCC2c2cc3ccccc3[nH]2)cc1. The van der Waals surface area contributed by atoms with Crippen LogP contribution in [-0.4, -0.2) is 28.2 Å². The average molecular weight is 347 g/mol. The monoisotopic (exact) mass is 347 g/mol. The van der Waals surface area contributed by atoms with Crippen molar-refractivity contribution in [1.29, 1.82) is 0 Å². The zero-order valence-corrected chi connectivity index (χ0v) is 14.4. The molecule has 5 nitrogen and oxygen atoms in total. The molecule has 0 radical (unpaired) electrons. The first-order valence-electron chi connectivity index (χ1n) is 8.92. The maximum atomic E-state index is 13.1. The summed E-state index contributed by atoms with van der Waals surface area (Å²) in [5, 5.41) is 1.16. The van der Waals surface area contributed by atoms with Gasteiger partial charge in [-0.3, -0.25) is 9.59 Å². The number of nitrogens with two attached hydrogens (primary N) is 1. The van der Waals surface area contributed by atoms with Crippen LogP contribution in [0, 0.1) is 0 Å². The number of piperidine rings is 1. The summed E-state index contributed by atoms with van der Waals surface area (Å²) in [7, 11) is 0. The second-order valence-electron chi connectivity index (χ2n) is 6.76. The molecule has 1 unspecified atom stereocenters. The van der Waals surface area contributed by atoms with Gasteiger partial charge in [0.25, 0.3) is 5.91 Å². The van der Waals surface area contributed by atoms with Crippen LogP contribution < -0.4 is 5.73 Å². The zero-order valence-electron chi connectivity index (χ0n) is 14.4. The fourth-order valence-electron chi connectivity index (χ4n) is 3.72. The Morgan fingerprint density at radius 1 is 1.00 bits per heavy atom. The molecule has 2 amide bonds. The molecule has 5 heteroatoms. The first kappa shape index (κ1) is 16.4. The molecule has 3 aromatic rings. The van der Waals surface area contributed by atoms with Crippen LogP contribution in [0.25, 0.3) is 10.9 Å². The van der Waals surface area contributed by atoms with Crippen molar-refractivity contribution in [2.75, 3.05) is 6.54 Å². The molecule has 3 N–H and O–H groups in total. The third-order valence-corrected chi connectivity index (χ3v) is 5.09. The van der Waals surface area contributed by atoms with Gasteiger partial charge in [-0.25, -0.2) is 0 Å². The highest BCUT2D eigenvalue weighted by atomic mass is 16.2. The molecule has 0 bridgehead atoms. The summed E-state index contributed by atoms with van der Waals surface area (Å²) in [6.45, 7) is 0.733. The van der Waals surface area contributed by atoms with Gasteiger partial charge in [-0.2, -0.15) is 0 Å². The molecule has 1 aliphatic heterocycles. The molecule has 0 saturated carbocycles. The van der Waals surface area contributed by atoms with Gasteiger partial charge in [0.2, 0.25) is 5.91 Å². The first-order valence-corrected chi connectivity index (χ1v) is 8.92. The lowest BCUT2D eigenvalue weighted by atomic mass is 9.98. The topological polar surface area (TPSA) is 79.2 Å². The molecule has 2 heterocycles. The molecule has 1 atom stereocenters. The summed E-state index contributed by atoms with van der Waals surface area (Å²) >= 11 is 0. The van der Waals surface area contributed by atoms with Crippen LogP contribution >= 0.6 is 0 Å². The number of primary amides is 1. The Labute approximate surface area is 151 Å². The van der Waals surface area contributed by atoms with E-state index in [2.05, 4.69) is 23.2 Å². The van der Waals surface area contributed by atoms with Gasteiger partial charge in [-0.1, -0.05) is 18.2 Å². The summed E-state index contributed by atoms with van der Waals surface area (Å²) in [4.78, 5) is 29.7. The van der Waals surface area contributed by atoms with Crippen LogP contribution in [0.4, 0.5) is 0 Å². The predicted octanol–water partition coefficient (Wildman–Crippen LogP) is 3.63. The second kappa shape index (κ2) is 6.67. The van der Waals surface area contributed by atoms with E-state index >= 15 is 0 Å². The average Bonchev–Trinajstić information content (AvgIpc) is 3.11. The first-order chi connectivity index (χ1) is 12.6. The maximum absolute atomic E-state index is 13.1. The molecule has 26 heavy (non-hydrogen) atoms. The molecule has 132 valence electrons. The molecule has 1 saturated heterocycles. The number of fused-ring (bicyclic) bond motifs is 1. The number of benzene rings is 2. The quantitative estimate of drug-likeness (QED) is 0.759. The van der Waals surface area contributed by atoms with Gasteiger partial charge in [0, 0.05) is 28.9 Å². The van der Waals surface area contributed by atoms with Crippen LogP contribution in [0.2, 0.25) is 0 Å². The van der Waals surface area contributed by atoms with Crippen molar-refractivity contribution in [1.82, 2.24) is 9.88 Å². The number of carbonyl (C=O) groups excluding carboxylic acids is 2. The van der Waals surface area contributed by atoms with Gasteiger partial charge in [0.1, 0.15) is 0 Å². The number of nitrogens with zero attached hydrogens (tertiary/aromatic N) is 1. The van der Waals surface area contributed by atoms with Gasteiger partial charge in [0.15, 0.2) is 0 Å². The van der Waals surface area contributed by atoms with E-state index in [4.69, 9.17) is 5.73 Å². The Bertz CT molecular complexity index is 926. The molecule has 1 aromatic heterocycles. The lowest BCUT2D eigenvalue weighted by Gasteiger charge is -2.35. The Hall–Kier alpha value is -3.08. The fraction of sp³-hybridized carbons (Fsp3) is 0.238. The number of aromatic nitrogens is 1. The van der Waals surface area contributed by atoms with Crippen LogP contribution in [0.1, 0.15) is 51.7 Å². The number of H-pyrrole nitrogens is 1. The molecule has 1 aliphatic rings. The molecule has 2 aromatic carbocycles. The third-order valence-electron chi connectivity index (χ3n) is 5.09. The van der Waals surface area contributed by atoms with Gasteiger partial charge in [0.05, 0.1) is 6.04 Å². The Balaban J connectivity index is 1.64. The number of carbonyl (C=O) groups is 2. The van der Waals surface area contributed by atoms with E-state index in [1.54, 1.807) is 24.3 Å². The van der Waals surface area contributed by atoms with Crippen molar-refractivity contribution >= 4 is 22.7 Å². The van der Waals surface area contributed by atoms with E-state index < -0.39 is 5.91 Å². The maximum Gasteiger partial charge on any atom is 0.254 e. The predicted molar refractivity (Wildman–Crippen MR) is 101 cm³/mol. The summed E-state index contributed by atoms with van der Waals surface area (Å²) in [5.74, 6) is -0.498. The van der Waals surface area contributed by atoms with Gasteiger partial charge in [-0.15, -0.1) is 0 Å². The smallest absolute Gasteiger partial charge is 0.254 e. The highest BCUT2D eigenvalue weighted by Gasteiger charge is 2.29. The Morgan fingerprint density at radius 2 is 1.73 bits per heavy atom. The van der Waals surface area contributed by atoms with E-state index in [0.717, 1.165) is 42.4 Å². The number of nitrogens with one attached hydrogen (secondary N) is 1. The van der Waals surface area contributed by atoms with E-state index in [9.17, 15) is 9.59 Å². The van der Waals surface area contributed by atoms with E-state index in [1.165, 1.54) is 0 Å². The fourth-order valence-corrected chi connectivity index (χ4v) is 3.72. The Morgan fingerprint density at radius 3 is 2.46 bits per heavy atom. The number of hydrogen-bond acceptors (Lipinski definition) is 2. The number of likely N-dealkylation sites (tertiary alicyclic amines) is 1. The molecular weight excluding hydrogens is 326 g/mol. The lowest BCUT2D eigenvalue weighted by molar-refractivity contribution is 0.0606. The normalized spacial score (nSPS) is 17.4. The number of hydrogen-bond donors (Lipinski definition) is 2. The van der Waals surface area contributed by atoms with Crippen LogP contribution in [0.3, 0.4) is 0 Å². The van der Waals surface area contributed by atoms with Crippen molar-refractivity contribution < 1.29 is 9.59 Å². The van der Waals surface area contributed by atoms with Gasteiger partial charge >= 0.3 is 0 Å². The minimum atomic E-state index is -0.488. The van der Waals surface area contributed by atoms with Gasteiger partial charge in [-0.05, 0) is 61.0 Å². The molecule has 1 fully saturated rings. The third kappa shape index (κ3) is 2.96. The Kier molecular flexibility index (Phi) is 4.21. The standard InChI is InChI=1S/C21H21N3O2/c22-20(25)14-8-10-15(11-9-14)21(26)24-12-4-3-7-19(24)18-13-16-5-1-2-6-17(16)23-18/h1-2,5-6,8-11,13,19,23H,3-4,7,12H2,(H2,22,25). The molecule has 0 spiro atoms. The largest absolute Gasteiger partial charge is 0.366 e. The van der Waals surface area contributed by atoms with Crippen molar-refractivity contribution in [2.45, 2.75) is 25.3 Å². The number of amides is 2. The summed E-state index contributed by atoms with van der Waals surface area (Å²) in [6, 6.07) is 16.9.